The number of hydrogen-bond donors (Lipinski definition) is 1. The second kappa shape index (κ2) is 9.11. The monoisotopic (exact) mass is 391 g/mol. The molecule has 1 unspecified atom stereocenters. The third kappa shape index (κ3) is 5.05. The van der Waals surface area contributed by atoms with Gasteiger partial charge in [0, 0.05) is 36.8 Å². The van der Waals surface area contributed by atoms with Gasteiger partial charge in [0.15, 0.2) is 0 Å². The zero-order valence-corrected chi connectivity index (χ0v) is 17.0. The van der Waals surface area contributed by atoms with Gasteiger partial charge in [-0.2, -0.15) is 0 Å². The highest BCUT2D eigenvalue weighted by atomic mass is 32.2. The van der Waals surface area contributed by atoms with Gasteiger partial charge in [-0.3, -0.25) is 9.59 Å². The Morgan fingerprint density at radius 3 is 2.59 bits per heavy atom. The number of rotatable bonds is 6. The normalized spacial score (nSPS) is 23.6. The van der Waals surface area contributed by atoms with Crippen LogP contribution in [0.15, 0.2) is 23.1 Å². The molecule has 148 valence electrons. The number of benzene rings is 1. The number of hydrogen-bond acceptors (Lipinski definition) is 4. The van der Waals surface area contributed by atoms with Crippen LogP contribution in [0.4, 0.5) is 0 Å². The molecule has 0 saturated carbocycles. The van der Waals surface area contributed by atoms with Crippen molar-refractivity contribution in [3.63, 3.8) is 0 Å². The van der Waals surface area contributed by atoms with Crippen LogP contribution in [0.2, 0.25) is 0 Å². The third-order valence-electron chi connectivity index (χ3n) is 5.87. The maximum absolute atomic E-state index is 12.5. The summed E-state index contributed by atoms with van der Waals surface area (Å²) in [6.07, 6.45) is 2.64. The number of piperidine rings is 1. The van der Waals surface area contributed by atoms with E-state index in [2.05, 4.69) is 32.0 Å². The minimum atomic E-state index is -0.751. The van der Waals surface area contributed by atoms with Crippen molar-refractivity contribution in [2.75, 3.05) is 25.4 Å². The molecule has 6 heteroatoms. The lowest BCUT2D eigenvalue weighted by Crippen LogP contribution is -2.43. The van der Waals surface area contributed by atoms with E-state index in [0.717, 1.165) is 18.6 Å². The molecule has 0 bridgehead atoms. The average molecular weight is 392 g/mol. The minimum absolute atomic E-state index is 0.180. The Morgan fingerprint density at radius 2 is 1.93 bits per heavy atom. The fourth-order valence-corrected chi connectivity index (χ4v) is 4.97. The molecule has 2 atom stereocenters. The highest BCUT2D eigenvalue weighted by Gasteiger charge is 2.40. The Kier molecular flexibility index (Phi) is 6.82. The number of amides is 1. The highest BCUT2D eigenvalue weighted by Crippen LogP contribution is 2.33. The number of carboxylic acid groups (broad SMARTS) is 1. The number of thioether (sulfide) groups is 1. The first-order valence-corrected chi connectivity index (χ1v) is 10.8. The van der Waals surface area contributed by atoms with Gasteiger partial charge in [0.25, 0.3) is 0 Å². The summed E-state index contributed by atoms with van der Waals surface area (Å²) in [6, 6.07) is 6.42. The van der Waals surface area contributed by atoms with Gasteiger partial charge in [0.1, 0.15) is 0 Å². The van der Waals surface area contributed by atoms with Crippen molar-refractivity contribution >= 4 is 23.6 Å². The van der Waals surface area contributed by atoms with Crippen LogP contribution in [-0.4, -0.2) is 53.4 Å². The summed E-state index contributed by atoms with van der Waals surface area (Å²) in [7, 11) is 0. The molecule has 2 fully saturated rings. The Hall–Kier alpha value is -1.53. The van der Waals surface area contributed by atoms with Crippen molar-refractivity contribution < 1.29 is 19.4 Å². The van der Waals surface area contributed by atoms with Gasteiger partial charge in [0.05, 0.1) is 12.0 Å². The first-order valence-electron chi connectivity index (χ1n) is 9.78. The molecule has 27 heavy (non-hydrogen) atoms. The van der Waals surface area contributed by atoms with Gasteiger partial charge in [0.2, 0.25) is 5.91 Å². The number of carbonyl (C=O) groups excluding carboxylic acids is 1. The summed E-state index contributed by atoms with van der Waals surface area (Å²) in [4.78, 5) is 27.0. The first-order chi connectivity index (χ1) is 13.0. The van der Waals surface area contributed by atoms with Crippen LogP contribution < -0.4 is 0 Å². The summed E-state index contributed by atoms with van der Waals surface area (Å²) in [5.74, 6) is 0.106. The molecule has 1 N–H and O–H groups in total. The van der Waals surface area contributed by atoms with E-state index < -0.39 is 5.97 Å². The molecular weight excluding hydrogens is 362 g/mol. The Morgan fingerprint density at radius 1 is 1.19 bits per heavy atom. The van der Waals surface area contributed by atoms with Gasteiger partial charge < -0.3 is 14.7 Å². The average Bonchev–Trinajstić information content (AvgIpc) is 3.15. The Balaban J connectivity index is 1.42. The van der Waals surface area contributed by atoms with Gasteiger partial charge in [-0.1, -0.05) is 6.07 Å². The van der Waals surface area contributed by atoms with Gasteiger partial charge in [-0.15, -0.1) is 11.8 Å². The van der Waals surface area contributed by atoms with E-state index in [9.17, 15) is 14.7 Å². The van der Waals surface area contributed by atoms with Gasteiger partial charge in [-0.05, 0) is 62.3 Å². The molecule has 1 aromatic rings. The summed E-state index contributed by atoms with van der Waals surface area (Å²) in [5, 5.41) is 9.33. The standard InChI is InChI=1S/C21H29NO4S/c1-14-3-4-17(13-15(14)2)27-12-8-19(23)22-9-5-16(6-10-22)20-18(21(24)25)7-11-26-20/h3-4,13,16,18,20H,5-12H2,1-2H3,(H,24,25)/t18?,20-/m0/s1. The number of carbonyl (C=O) groups is 2. The van der Waals surface area contributed by atoms with E-state index in [1.165, 1.54) is 16.0 Å². The van der Waals surface area contributed by atoms with E-state index in [4.69, 9.17) is 4.74 Å². The number of likely N-dealkylation sites (tertiary alicyclic amines) is 1. The highest BCUT2D eigenvalue weighted by molar-refractivity contribution is 7.99. The fourth-order valence-electron chi connectivity index (χ4n) is 4.04. The van der Waals surface area contributed by atoms with Crippen molar-refractivity contribution in [1.82, 2.24) is 4.90 Å². The van der Waals surface area contributed by atoms with Crippen molar-refractivity contribution in [3.05, 3.63) is 29.3 Å². The van der Waals surface area contributed by atoms with Crippen LogP contribution in [0, 0.1) is 25.7 Å². The zero-order chi connectivity index (χ0) is 19.4. The number of nitrogens with zero attached hydrogens (tertiary/aromatic N) is 1. The molecule has 2 aliphatic rings. The molecule has 0 aromatic heterocycles. The minimum Gasteiger partial charge on any atom is -0.481 e. The molecule has 1 aromatic carbocycles. The summed E-state index contributed by atoms with van der Waals surface area (Å²) in [5.41, 5.74) is 2.57. The predicted octanol–water partition coefficient (Wildman–Crippen LogP) is 3.51. The lowest BCUT2D eigenvalue weighted by atomic mass is 9.84. The Labute approximate surface area is 165 Å². The van der Waals surface area contributed by atoms with Crippen LogP contribution in [0.5, 0.6) is 0 Å². The molecule has 2 heterocycles. The number of ether oxygens (including phenoxy) is 1. The number of carboxylic acids is 1. The van der Waals surface area contributed by atoms with Crippen LogP contribution >= 0.6 is 11.8 Å². The van der Waals surface area contributed by atoms with Crippen molar-refractivity contribution in [1.29, 1.82) is 0 Å². The van der Waals surface area contributed by atoms with Crippen LogP contribution in [0.1, 0.15) is 36.8 Å². The van der Waals surface area contributed by atoms with Crippen molar-refractivity contribution in [2.45, 2.75) is 50.5 Å². The second-order valence-electron chi connectivity index (χ2n) is 7.63. The molecule has 0 spiro atoms. The fraction of sp³-hybridized carbons (Fsp3) is 0.619. The zero-order valence-electron chi connectivity index (χ0n) is 16.1. The molecule has 0 aliphatic carbocycles. The lowest BCUT2D eigenvalue weighted by molar-refractivity contribution is -0.146. The van der Waals surface area contributed by atoms with Gasteiger partial charge >= 0.3 is 5.97 Å². The summed E-state index contributed by atoms with van der Waals surface area (Å²) in [6.45, 7) is 6.17. The quantitative estimate of drug-likeness (QED) is 0.752. The van der Waals surface area contributed by atoms with E-state index in [1.807, 2.05) is 4.90 Å². The molecular formula is C21H29NO4S. The van der Waals surface area contributed by atoms with Crippen molar-refractivity contribution in [3.8, 4) is 0 Å². The topological polar surface area (TPSA) is 66.8 Å². The number of aryl methyl sites for hydroxylation is 2. The van der Waals surface area contributed by atoms with Crippen LogP contribution in [-0.2, 0) is 14.3 Å². The molecule has 2 aliphatic heterocycles. The molecule has 5 nitrogen and oxygen atoms in total. The molecule has 2 saturated heterocycles. The van der Waals surface area contributed by atoms with Crippen molar-refractivity contribution in [2.24, 2.45) is 11.8 Å². The largest absolute Gasteiger partial charge is 0.481 e. The number of aliphatic carboxylic acids is 1. The lowest BCUT2D eigenvalue weighted by Gasteiger charge is -2.35. The Bertz CT molecular complexity index is 685. The van der Waals surface area contributed by atoms with E-state index in [0.29, 0.717) is 32.5 Å². The van der Waals surface area contributed by atoms with Crippen LogP contribution in [0.25, 0.3) is 0 Å². The maximum Gasteiger partial charge on any atom is 0.309 e. The first kappa shape index (κ1) is 20.2. The van der Waals surface area contributed by atoms with Gasteiger partial charge in [-0.25, -0.2) is 0 Å². The molecule has 1 amide bonds. The SMILES string of the molecule is Cc1ccc(SCCC(=O)N2CCC([C@@H]3OCCC3C(=O)O)CC2)cc1C. The third-order valence-corrected chi connectivity index (χ3v) is 6.87. The maximum atomic E-state index is 12.5. The molecule has 3 rings (SSSR count). The predicted molar refractivity (Wildman–Crippen MR) is 106 cm³/mol. The van der Waals surface area contributed by atoms with Crippen LogP contribution in [0.3, 0.4) is 0 Å². The summed E-state index contributed by atoms with van der Waals surface area (Å²) < 4.78 is 5.71. The van der Waals surface area contributed by atoms with E-state index >= 15 is 0 Å². The van der Waals surface area contributed by atoms with E-state index in [-0.39, 0.29) is 23.8 Å². The summed E-state index contributed by atoms with van der Waals surface area (Å²) >= 11 is 1.73. The molecule has 0 radical (unpaired) electrons. The smallest absolute Gasteiger partial charge is 0.309 e. The van der Waals surface area contributed by atoms with E-state index in [1.54, 1.807) is 11.8 Å². The second-order valence-corrected chi connectivity index (χ2v) is 8.80.